The summed E-state index contributed by atoms with van der Waals surface area (Å²) in [5, 5.41) is 13.3. The highest BCUT2D eigenvalue weighted by atomic mass is 16.6. The van der Waals surface area contributed by atoms with Gasteiger partial charge in [-0.05, 0) is 203 Å². The molecular weight excluding hydrogens is 1380 g/mol. The van der Waals surface area contributed by atoms with Crippen LogP contribution in [0.5, 0.6) is 0 Å². The number of nitrogens with one attached hydrogen (secondary N) is 5. The molecule has 0 radical (unpaired) electrons. The van der Waals surface area contributed by atoms with Crippen LogP contribution < -0.4 is 96.2 Å². The van der Waals surface area contributed by atoms with Crippen LogP contribution in [0.25, 0.3) is 26.3 Å². The van der Waals surface area contributed by atoms with Crippen molar-refractivity contribution in [2.24, 2.45) is 25.7 Å². The van der Waals surface area contributed by atoms with E-state index in [-0.39, 0.29) is 67.8 Å². The molecule has 4 aromatic carbocycles. The highest BCUT2D eigenvalue weighted by Gasteiger charge is 2.29. The molecule has 0 atom stereocenters. The number of aryl methyl sites for hydroxylation is 8. The summed E-state index contributed by atoms with van der Waals surface area (Å²) in [6, 6.07) is 16.1. The van der Waals surface area contributed by atoms with E-state index in [2.05, 4.69) is 104 Å². The summed E-state index contributed by atoms with van der Waals surface area (Å²) in [6.07, 6.45) is 1.18. The van der Waals surface area contributed by atoms with E-state index >= 15 is 0 Å². The first kappa shape index (κ1) is 80.6. The summed E-state index contributed by atoms with van der Waals surface area (Å²) in [7, 11) is 1.74. The maximum absolute atomic E-state index is 12.4. The van der Waals surface area contributed by atoms with Crippen LogP contribution in [0.2, 0.25) is 0 Å². The minimum absolute atomic E-state index is 0.0613. The lowest BCUT2D eigenvalue weighted by molar-refractivity contribution is -0.156. The molecule has 0 unspecified atom stereocenters. The number of H-pyrrole nitrogens is 4. The molecule has 0 saturated carbocycles. The van der Waals surface area contributed by atoms with Crippen LogP contribution in [0.1, 0.15) is 105 Å². The number of aromatic nitrogens is 8. The number of carboxylic acid groups (broad SMARTS) is 1. The second kappa shape index (κ2) is 34.0. The second-order valence-electron chi connectivity index (χ2n) is 28.8. The standard InChI is InChI=1S/C23H30N4O4.C22H29N5O3.C18H21N5O3.C15H17N5O/c1-14-12-17-18(13-15(14)2)27(21-20(26-17)22(29)25-16(3)24-21)9-11-30-10-7-8-19(28)31-23(4,5)6;1-13-11-16-17(12-14(13)2)27(20-19(26-16)21(29)25-15(3)24-20)10-9-23-8-7-18(28)30-22(4,5)6;1-10-7-13-14(8-11(10)2)23(6-5-22(4)9-15(24)25)17-16(21-13)18(26)20-12(3)19-17;1-8-6-11-12(7-9(8)2)20(5-4-16)14-13(19-11)15(21)18-10(3)17-14/h12-13H,3,7-11H2,1-2,4-6H3,(H,25,29);11-12,23H,3,7-10H2,1-2,4-6H3,(H,25,29);7-8H,3,5-6,9H2,1-2,4H3,(H,20,26)(H,24,25);6-7H,3-5,16H2,1-2H3,(H,18,21). The Bertz CT molecular complexity index is 5570. The predicted molar refractivity (Wildman–Crippen MR) is 418 cm³/mol. The third-order valence-corrected chi connectivity index (χ3v) is 17.6. The van der Waals surface area contributed by atoms with Gasteiger partial charge in [-0.15, -0.1) is 0 Å². The first-order valence-electron chi connectivity index (χ1n) is 35.5. The van der Waals surface area contributed by atoms with Gasteiger partial charge in [0.05, 0.1) is 65.1 Å². The van der Waals surface area contributed by atoms with E-state index in [1.165, 1.54) is 0 Å². The fraction of sp³-hybridized carbons (Fsp3) is 0.397. The molecule has 0 aliphatic carbocycles. The molecule has 570 valence electrons. The highest BCUT2D eigenvalue weighted by molar-refractivity contribution is 5.81. The first-order valence-corrected chi connectivity index (χ1v) is 35.5. The normalized spacial score (nSPS) is 12.7. The van der Waals surface area contributed by atoms with Gasteiger partial charge in [0.15, 0.2) is 44.7 Å². The van der Waals surface area contributed by atoms with Gasteiger partial charge in [0.25, 0.3) is 22.2 Å². The number of carbonyl (C=O) groups is 3. The number of nitrogens with two attached hydrogens (primary N) is 1. The zero-order chi connectivity index (χ0) is 79.0. The maximum Gasteiger partial charge on any atom is 0.317 e. The highest BCUT2D eigenvalue weighted by Crippen LogP contribution is 2.40. The van der Waals surface area contributed by atoms with Gasteiger partial charge in [-0.25, -0.2) is 39.9 Å². The Balaban J connectivity index is 0.000000168. The Morgan fingerprint density at radius 2 is 0.787 bits per heavy atom. The summed E-state index contributed by atoms with van der Waals surface area (Å²) in [5.41, 5.74) is 20.1. The average Bonchev–Trinajstić information content (AvgIpc) is 0.777. The number of benzene rings is 4. The van der Waals surface area contributed by atoms with Gasteiger partial charge < -0.3 is 69.9 Å². The van der Waals surface area contributed by atoms with Crippen molar-refractivity contribution >= 4 is 113 Å². The number of esters is 2. The van der Waals surface area contributed by atoms with Gasteiger partial charge in [-0.3, -0.25) is 38.5 Å². The third kappa shape index (κ3) is 20.0. The molecule has 4 aromatic heterocycles. The van der Waals surface area contributed by atoms with Crippen LogP contribution in [0.4, 0.5) is 68.8 Å². The smallest absolute Gasteiger partial charge is 0.317 e. The molecule has 0 fully saturated rings. The largest absolute Gasteiger partial charge is 0.480 e. The number of ether oxygens (including phenoxy) is 3. The lowest BCUT2D eigenvalue weighted by Crippen LogP contribution is -2.44. The number of hydrogen-bond acceptors (Lipinski definition) is 25. The van der Waals surface area contributed by atoms with Gasteiger partial charge in [0.2, 0.25) is 0 Å². The summed E-state index contributed by atoms with van der Waals surface area (Å²) in [4.78, 5) is 139. The minimum Gasteiger partial charge on any atom is -0.480 e. The fourth-order valence-corrected chi connectivity index (χ4v) is 11.9. The van der Waals surface area contributed by atoms with E-state index in [1.54, 1.807) is 11.9 Å². The molecule has 8 N–H and O–H groups in total. The van der Waals surface area contributed by atoms with Crippen molar-refractivity contribution in [1.82, 2.24) is 50.1 Å². The topological polar surface area (TPSA) is 386 Å². The molecule has 8 heterocycles. The Morgan fingerprint density at radius 1 is 0.472 bits per heavy atom. The van der Waals surface area contributed by atoms with Crippen LogP contribution >= 0.6 is 0 Å². The van der Waals surface area contributed by atoms with Crippen molar-refractivity contribution in [3.05, 3.63) is 178 Å². The Morgan fingerprint density at radius 3 is 1.12 bits per heavy atom. The van der Waals surface area contributed by atoms with Gasteiger partial charge >= 0.3 is 17.9 Å². The van der Waals surface area contributed by atoms with Crippen molar-refractivity contribution in [3.8, 4) is 0 Å². The molecule has 8 aromatic rings. The van der Waals surface area contributed by atoms with Crippen LogP contribution in [0.15, 0.2) is 87.7 Å². The Hall–Kier alpha value is -11.5. The maximum atomic E-state index is 12.4. The molecular formula is C78H97N19O11. The molecule has 30 heteroatoms. The molecule has 30 nitrogen and oxygen atoms in total. The number of carbonyl (C=O) groups excluding carboxylic acids is 2. The van der Waals surface area contributed by atoms with Gasteiger partial charge in [0, 0.05) is 65.4 Å². The number of aliphatic carboxylic acids is 1. The Kier molecular flexibility index (Phi) is 25.4. The van der Waals surface area contributed by atoms with E-state index in [4.69, 9.17) is 25.1 Å². The van der Waals surface area contributed by atoms with Crippen LogP contribution in [0.3, 0.4) is 0 Å². The number of nitrogens with zero attached hydrogens (tertiary/aromatic N) is 13. The SMILES string of the molecule is C=c1nc2c(c(=O)[nH]1)=Nc1cc(C)c(C)cc1N2CCN.C=c1nc2c(c(=O)[nH]1)=Nc1cc(C)c(C)cc1N2CCN(C)CC(=O)O.C=c1nc2c(c(=O)[nH]1)=Nc1cc(C)c(C)cc1N2CCNCCC(=O)OC(C)(C)C.C=c1nc2c(c(=O)[nH]1)=Nc1cc(C)c(C)cc1N2CCOCCCC(=O)OC(C)(C)C. The number of anilines is 8. The number of carboxylic acids is 1. The third-order valence-electron chi connectivity index (χ3n) is 17.6. The summed E-state index contributed by atoms with van der Waals surface area (Å²) in [5.74, 6) is 0.582. The quantitative estimate of drug-likeness (QED) is 0.0414. The predicted octanol–water partition coefficient (Wildman–Crippen LogP) is 4.23. The molecule has 0 saturated heterocycles. The van der Waals surface area contributed by atoms with Gasteiger partial charge in [-0.1, -0.05) is 26.3 Å². The van der Waals surface area contributed by atoms with Crippen molar-refractivity contribution < 1.29 is 33.7 Å². The summed E-state index contributed by atoms with van der Waals surface area (Å²) >= 11 is 0. The molecule has 0 amide bonds. The molecule has 4 aliphatic rings. The van der Waals surface area contributed by atoms with E-state index < -0.39 is 17.2 Å². The zero-order valence-corrected chi connectivity index (χ0v) is 64.3. The van der Waals surface area contributed by atoms with E-state index in [1.807, 2.05) is 153 Å². The lowest BCUT2D eigenvalue weighted by atomic mass is 10.1. The number of fused-ring (bicyclic) bond motifs is 8. The molecule has 108 heavy (non-hydrogen) atoms. The van der Waals surface area contributed by atoms with Crippen molar-refractivity contribution in [3.63, 3.8) is 0 Å². The number of likely N-dealkylation sites (N-methyl/N-ethyl adjacent to an activating group) is 1. The van der Waals surface area contributed by atoms with Crippen molar-refractivity contribution in [2.75, 3.05) is 98.8 Å². The molecule has 12 rings (SSSR count). The van der Waals surface area contributed by atoms with E-state index in [0.29, 0.717) is 130 Å². The number of rotatable bonds is 20. The molecule has 0 spiro atoms. The lowest BCUT2D eigenvalue weighted by Gasteiger charge is -2.30. The van der Waals surface area contributed by atoms with E-state index in [0.717, 1.165) is 84.3 Å². The van der Waals surface area contributed by atoms with Crippen LogP contribution in [-0.4, -0.2) is 158 Å². The molecule has 4 aliphatic heterocycles. The minimum atomic E-state index is -0.886. The first-order chi connectivity index (χ1) is 50.9. The fourth-order valence-electron chi connectivity index (χ4n) is 11.9. The monoisotopic (exact) mass is 1480 g/mol. The van der Waals surface area contributed by atoms with Gasteiger partial charge in [0.1, 0.15) is 33.1 Å². The molecule has 0 bridgehead atoms. The summed E-state index contributed by atoms with van der Waals surface area (Å²) < 4.78 is 16.4. The zero-order valence-electron chi connectivity index (χ0n) is 64.3. The van der Waals surface area contributed by atoms with Crippen molar-refractivity contribution in [2.45, 2.75) is 127 Å². The number of hydrogen-bond donors (Lipinski definition) is 7. The second-order valence-corrected chi connectivity index (χ2v) is 28.8. The van der Waals surface area contributed by atoms with Gasteiger partial charge in [-0.2, -0.15) is 0 Å². The van der Waals surface area contributed by atoms with Crippen LogP contribution in [0, 0.1) is 55.4 Å². The van der Waals surface area contributed by atoms with E-state index in [9.17, 15) is 33.6 Å². The average molecular weight is 1480 g/mol. The van der Waals surface area contributed by atoms with Crippen LogP contribution in [-0.2, 0) is 28.6 Å². The Labute approximate surface area is 623 Å². The van der Waals surface area contributed by atoms with Crippen molar-refractivity contribution in [1.29, 1.82) is 0 Å². The summed E-state index contributed by atoms with van der Waals surface area (Å²) in [6.45, 7) is 47.1. The number of aromatic amines is 4.